The number of carboxylic acid groups (broad SMARTS) is 1. The predicted molar refractivity (Wildman–Crippen MR) is 242 cm³/mol. The van der Waals surface area contributed by atoms with E-state index in [9.17, 15) is 29.1 Å². The SMILES string of the molecule is CNCCNCN[C@H](C(=O)CNC(=O)C1=CC(C2CC2)c2cc(N3CCN(CNCCNC)CC3)c(F)cc2C1=O)N1CCN(c2cc3c(cc2F)C(=O)C(C(=O)O)=CC3C2CC2)CC1. The van der Waals surface area contributed by atoms with Gasteiger partial charge in [-0.1, -0.05) is 12.2 Å². The summed E-state index contributed by atoms with van der Waals surface area (Å²) in [5, 5.41) is 28.5. The number of halogens is 2. The lowest BCUT2D eigenvalue weighted by Crippen LogP contribution is -2.60. The van der Waals surface area contributed by atoms with E-state index >= 15 is 8.78 Å². The summed E-state index contributed by atoms with van der Waals surface area (Å²) < 4.78 is 31.7. The highest BCUT2D eigenvalue weighted by molar-refractivity contribution is 6.27. The second-order valence-electron chi connectivity index (χ2n) is 18.1. The number of allylic oxidation sites excluding steroid dienone is 2. The number of hydrogen-bond donors (Lipinski definition) is 7. The molecule has 2 aliphatic heterocycles. The first-order valence-electron chi connectivity index (χ1n) is 23.1. The first kappa shape index (κ1) is 46.6. The second kappa shape index (κ2) is 20.7. The van der Waals surface area contributed by atoms with Gasteiger partial charge in [0, 0.05) is 115 Å². The average molecular weight is 901 g/mol. The Morgan fingerprint density at radius 3 is 1.72 bits per heavy atom. The van der Waals surface area contributed by atoms with E-state index in [1.807, 2.05) is 34.9 Å². The number of anilines is 2. The lowest BCUT2D eigenvalue weighted by molar-refractivity contribution is -0.132. The smallest absolute Gasteiger partial charge is 0.339 e. The van der Waals surface area contributed by atoms with Crippen LogP contribution >= 0.6 is 0 Å². The molecule has 6 aliphatic rings. The van der Waals surface area contributed by atoms with Gasteiger partial charge in [-0.3, -0.25) is 34.3 Å². The highest BCUT2D eigenvalue weighted by atomic mass is 19.1. The number of nitrogens with zero attached hydrogens (tertiary/aromatic N) is 4. The number of fused-ring (bicyclic) bond motifs is 2. The molecule has 4 aliphatic carbocycles. The summed E-state index contributed by atoms with van der Waals surface area (Å²) in [4.78, 5) is 74.9. The zero-order valence-corrected chi connectivity index (χ0v) is 37.3. The van der Waals surface area contributed by atoms with Crippen molar-refractivity contribution in [2.75, 3.05) is 122 Å². The molecule has 0 radical (unpaired) electrons. The molecule has 2 unspecified atom stereocenters. The van der Waals surface area contributed by atoms with Crippen molar-refractivity contribution in [2.24, 2.45) is 11.8 Å². The van der Waals surface area contributed by atoms with Crippen LogP contribution in [0, 0.1) is 23.5 Å². The molecule has 65 heavy (non-hydrogen) atoms. The summed E-state index contributed by atoms with van der Waals surface area (Å²) in [7, 11) is 3.75. The third-order valence-corrected chi connectivity index (χ3v) is 13.7. The van der Waals surface area contributed by atoms with Crippen molar-refractivity contribution in [1.29, 1.82) is 0 Å². The molecule has 0 bridgehead atoms. The van der Waals surface area contributed by atoms with E-state index in [-0.39, 0.29) is 64.9 Å². The molecule has 16 nitrogen and oxygen atoms in total. The molecule has 2 saturated carbocycles. The quantitative estimate of drug-likeness (QED) is 0.0540. The topological polar surface area (TPSA) is 191 Å². The number of benzene rings is 2. The molecule has 350 valence electrons. The van der Waals surface area contributed by atoms with E-state index in [1.54, 1.807) is 12.1 Å². The zero-order chi connectivity index (χ0) is 45.8. The Hall–Kier alpha value is -4.95. The van der Waals surface area contributed by atoms with Crippen molar-refractivity contribution < 1.29 is 37.9 Å². The fourth-order valence-corrected chi connectivity index (χ4v) is 9.70. The van der Waals surface area contributed by atoms with E-state index in [2.05, 4.69) is 36.8 Å². The van der Waals surface area contributed by atoms with E-state index in [0.717, 1.165) is 64.1 Å². The molecular formula is C47H62F2N10O6. The number of rotatable bonds is 21. The van der Waals surface area contributed by atoms with E-state index in [0.29, 0.717) is 69.3 Å². The number of carbonyl (C=O) groups excluding carboxylic acids is 4. The maximum Gasteiger partial charge on any atom is 0.339 e. The molecule has 4 fully saturated rings. The lowest BCUT2D eigenvalue weighted by Gasteiger charge is -2.40. The fraction of sp³-hybridized carbons (Fsp3) is 0.553. The highest BCUT2D eigenvalue weighted by Crippen LogP contribution is 2.49. The van der Waals surface area contributed by atoms with Gasteiger partial charge in [0.1, 0.15) is 23.4 Å². The van der Waals surface area contributed by atoms with E-state index in [1.165, 1.54) is 18.2 Å². The number of piperazine rings is 2. The zero-order valence-electron chi connectivity index (χ0n) is 37.3. The monoisotopic (exact) mass is 900 g/mol. The van der Waals surface area contributed by atoms with Crippen molar-refractivity contribution >= 4 is 40.6 Å². The largest absolute Gasteiger partial charge is 0.478 e. The van der Waals surface area contributed by atoms with Crippen LogP contribution < -0.4 is 41.7 Å². The van der Waals surface area contributed by atoms with Crippen LogP contribution in [0.3, 0.4) is 0 Å². The van der Waals surface area contributed by atoms with Crippen molar-refractivity contribution in [1.82, 2.24) is 41.7 Å². The van der Waals surface area contributed by atoms with Gasteiger partial charge in [-0.15, -0.1) is 0 Å². The Morgan fingerprint density at radius 2 is 1.20 bits per heavy atom. The molecule has 2 aromatic carbocycles. The summed E-state index contributed by atoms with van der Waals surface area (Å²) in [6.07, 6.45) is 6.07. The number of carbonyl (C=O) groups is 5. The van der Waals surface area contributed by atoms with Gasteiger partial charge in [0.05, 0.1) is 23.5 Å². The number of hydrogen-bond acceptors (Lipinski definition) is 14. The lowest BCUT2D eigenvalue weighted by atomic mass is 9.80. The molecule has 0 spiro atoms. The Balaban J connectivity index is 0.919. The normalized spacial score (nSPS) is 22.0. The van der Waals surface area contributed by atoms with Gasteiger partial charge in [-0.05, 0) is 87.0 Å². The van der Waals surface area contributed by atoms with Crippen molar-refractivity contribution in [3.8, 4) is 0 Å². The summed E-state index contributed by atoms with van der Waals surface area (Å²) in [5.74, 6) is -4.79. The van der Waals surface area contributed by atoms with Crippen LogP contribution in [0.1, 0.15) is 69.4 Å². The molecule has 1 amide bonds. The maximum absolute atomic E-state index is 15.9. The minimum absolute atomic E-state index is 0.0898. The molecule has 3 atom stereocenters. The minimum Gasteiger partial charge on any atom is -0.478 e. The summed E-state index contributed by atoms with van der Waals surface area (Å²) in [6, 6.07) is 5.95. The van der Waals surface area contributed by atoms with Gasteiger partial charge >= 0.3 is 5.97 Å². The van der Waals surface area contributed by atoms with Gasteiger partial charge in [-0.25, -0.2) is 13.6 Å². The maximum atomic E-state index is 15.9. The van der Waals surface area contributed by atoms with Gasteiger partial charge < -0.3 is 41.5 Å². The van der Waals surface area contributed by atoms with Crippen molar-refractivity contribution in [3.05, 3.63) is 81.5 Å². The van der Waals surface area contributed by atoms with Gasteiger partial charge in [0.2, 0.25) is 0 Å². The summed E-state index contributed by atoms with van der Waals surface area (Å²) in [5.41, 5.74) is 2.04. The first-order chi connectivity index (χ1) is 31.5. The number of nitrogens with one attached hydrogen (secondary N) is 6. The number of likely N-dealkylation sites (N-methyl/N-ethyl adjacent to an activating group) is 2. The molecule has 18 heteroatoms. The van der Waals surface area contributed by atoms with Crippen LogP contribution in [-0.2, 0) is 14.4 Å². The molecule has 7 N–H and O–H groups in total. The molecule has 2 aromatic rings. The number of ketones is 3. The average Bonchev–Trinajstić information content (AvgIpc) is 4.25. The van der Waals surface area contributed by atoms with Crippen molar-refractivity contribution in [2.45, 2.75) is 43.7 Å². The van der Waals surface area contributed by atoms with E-state index in [4.69, 9.17) is 0 Å². The van der Waals surface area contributed by atoms with Crippen LogP contribution in [0.25, 0.3) is 0 Å². The van der Waals surface area contributed by atoms with Gasteiger partial charge in [0.15, 0.2) is 17.3 Å². The second-order valence-corrected chi connectivity index (χ2v) is 18.1. The Labute approximate surface area is 378 Å². The molecule has 2 saturated heterocycles. The van der Waals surface area contributed by atoms with Crippen molar-refractivity contribution in [3.63, 3.8) is 0 Å². The summed E-state index contributed by atoms with van der Waals surface area (Å²) in [6.45, 7) is 8.01. The Bertz CT molecular complexity index is 2210. The number of carboxylic acids is 1. The van der Waals surface area contributed by atoms with Gasteiger partial charge in [-0.2, -0.15) is 0 Å². The standard InChI is InChI=1S/C47H62F2N10O6/c1-50-7-9-52-26-55-45(59-17-15-58(16-18-59)41-24-33-31(29-5-6-29)20-37(47(64)65)44(62)35(33)22-39(41)49)42(60)25-54-46(63)36-19-30(28-3-4-28)32-23-40(38(48)21-34(32)43(36)61)57-13-11-56(12-14-57)27-53-10-8-51-2/h19-24,28-31,45,50-53,55H,3-18,25-27H2,1-2H3,(H,54,63)(H,64,65)/t30?,31?,45-/m0/s1. The minimum atomic E-state index is -1.32. The summed E-state index contributed by atoms with van der Waals surface area (Å²) >= 11 is 0. The Kier molecular flexibility index (Phi) is 14.8. The number of Topliss-reactive ketones (excluding diaryl/α,β-unsaturated/α-hetero) is 3. The fourth-order valence-electron chi connectivity index (χ4n) is 9.70. The van der Waals surface area contributed by atoms with E-state index < -0.39 is 41.2 Å². The van der Waals surface area contributed by atoms with Crippen LogP contribution in [0.2, 0.25) is 0 Å². The first-order valence-corrected chi connectivity index (χ1v) is 23.1. The third-order valence-electron chi connectivity index (χ3n) is 13.7. The highest BCUT2D eigenvalue weighted by Gasteiger charge is 2.42. The number of aliphatic carboxylic acids is 1. The third kappa shape index (κ3) is 10.5. The predicted octanol–water partition coefficient (Wildman–Crippen LogP) is 1.36. The Morgan fingerprint density at radius 1 is 0.692 bits per heavy atom. The van der Waals surface area contributed by atoms with Crippen LogP contribution in [0.5, 0.6) is 0 Å². The van der Waals surface area contributed by atoms with Crippen LogP contribution in [-0.4, -0.2) is 163 Å². The molecule has 2 heterocycles. The molecule has 8 rings (SSSR count). The van der Waals surface area contributed by atoms with Crippen LogP contribution in [0.15, 0.2) is 47.6 Å². The van der Waals surface area contributed by atoms with Gasteiger partial charge in [0.25, 0.3) is 5.91 Å². The van der Waals surface area contributed by atoms with Crippen LogP contribution in [0.4, 0.5) is 20.2 Å². The molecule has 0 aromatic heterocycles. The molecular weight excluding hydrogens is 839 g/mol. The number of amides is 1.